The van der Waals surface area contributed by atoms with Gasteiger partial charge in [0.25, 0.3) is 0 Å². The van der Waals surface area contributed by atoms with Gasteiger partial charge in [-0.25, -0.2) is 0 Å². The second-order valence-electron chi connectivity index (χ2n) is 9.84. The van der Waals surface area contributed by atoms with Crippen LogP contribution in [0.2, 0.25) is 0 Å². The first-order valence-electron chi connectivity index (χ1n) is 12.9. The van der Waals surface area contributed by atoms with Crippen LogP contribution < -0.4 is 0 Å². The summed E-state index contributed by atoms with van der Waals surface area (Å²) in [5.41, 5.74) is 10.8. The smallest absolute Gasteiger partial charge is 0.303 e. The van der Waals surface area contributed by atoms with E-state index in [0.717, 1.165) is 11.1 Å². The van der Waals surface area contributed by atoms with Crippen molar-refractivity contribution in [3.8, 4) is 0 Å². The summed E-state index contributed by atoms with van der Waals surface area (Å²) < 4.78 is 42.4. The molecule has 0 aliphatic carbocycles. The number of carbonyl (C=O) groups excluding carboxylic acids is 1. The molecule has 2 aromatic carbocycles. The Kier molecular flexibility index (Phi) is 10.3. The van der Waals surface area contributed by atoms with Gasteiger partial charge in [0.2, 0.25) is 0 Å². The van der Waals surface area contributed by atoms with Crippen molar-refractivity contribution in [2.45, 2.75) is 76.6 Å². The first-order valence-corrected chi connectivity index (χ1v) is 12.9. The van der Waals surface area contributed by atoms with Crippen molar-refractivity contribution in [3.05, 3.63) is 82.2 Å². The Morgan fingerprint density at radius 2 is 1.59 bits per heavy atom. The zero-order valence-electron chi connectivity index (χ0n) is 22.4. The molecule has 2 aliphatic heterocycles. The topological polar surface area (TPSA) is 130 Å². The zero-order valence-corrected chi connectivity index (χ0v) is 22.4. The largest absolute Gasteiger partial charge is 0.457 e. The summed E-state index contributed by atoms with van der Waals surface area (Å²) >= 11 is 0. The average Bonchev–Trinajstić information content (AvgIpc) is 3.28. The maximum atomic E-state index is 12.1. The molecule has 2 saturated heterocycles. The molecule has 0 saturated carbocycles. The van der Waals surface area contributed by atoms with Crippen molar-refractivity contribution < 1.29 is 38.0 Å². The van der Waals surface area contributed by atoms with Crippen molar-refractivity contribution in [2.24, 2.45) is 5.11 Å². The monoisotopic (exact) mass is 541 g/mol. The molecule has 11 nitrogen and oxygen atoms in total. The van der Waals surface area contributed by atoms with E-state index in [1.54, 1.807) is 0 Å². The van der Waals surface area contributed by atoms with Crippen molar-refractivity contribution in [3.63, 3.8) is 0 Å². The Bertz CT molecular complexity index is 1100. The highest BCUT2D eigenvalue weighted by Gasteiger charge is 2.50. The number of ether oxygens (including phenoxy) is 7. The van der Waals surface area contributed by atoms with Crippen LogP contribution in [-0.2, 0) is 51.2 Å². The lowest BCUT2D eigenvalue weighted by Gasteiger charge is -2.45. The molecule has 0 bridgehead atoms. The van der Waals surface area contributed by atoms with Gasteiger partial charge in [-0.1, -0.05) is 65.8 Å². The lowest BCUT2D eigenvalue weighted by atomic mass is 9.97. The molecule has 4 rings (SSSR count). The SMILES string of the molecule is CC(=O)O[C@@H]1[C@H](OCc2ccccc2)[C@@H](OCc2ccccc2)[C@H](OCC2COC(C)(C)O2)O[C@@H]1CN=[N+]=[N-]. The minimum absolute atomic E-state index is 0.0963. The molecule has 210 valence electrons. The van der Waals surface area contributed by atoms with E-state index < -0.39 is 42.5 Å². The fraction of sp³-hybridized carbons (Fsp3) is 0.536. The molecule has 0 amide bonds. The minimum atomic E-state index is -0.938. The lowest BCUT2D eigenvalue weighted by Crippen LogP contribution is -2.62. The van der Waals surface area contributed by atoms with Gasteiger partial charge >= 0.3 is 5.97 Å². The van der Waals surface area contributed by atoms with Crippen LogP contribution >= 0.6 is 0 Å². The van der Waals surface area contributed by atoms with Gasteiger partial charge in [0.05, 0.1) is 33.0 Å². The molecule has 2 aliphatic rings. The van der Waals surface area contributed by atoms with Crippen LogP contribution in [0.3, 0.4) is 0 Å². The van der Waals surface area contributed by atoms with E-state index in [9.17, 15) is 4.79 Å². The quantitative estimate of drug-likeness (QED) is 0.168. The first-order chi connectivity index (χ1) is 18.8. The molecule has 0 spiro atoms. The summed E-state index contributed by atoms with van der Waals surface area (Å²) in [6.07, 6.45) is -4.59. The molecule has 0 N–H and O–H groups in total. The van der Waals surface area contributed by atoms with Gasteiger partial charge in [0, 0.05) is 11.8 Å². The van der Waals surface area contributed by atoms with Gasteiger partial charge in [-0.2, -0.15) is 0 Å². The number of azide groups is 1. The maximum absolute atomic E-state index is 12.1. The summed E-state index contributed by atoms with van der Waals surface area (Å²) in [4.78, 5) is 15.0. The minimum Gasteiger partial charge on any atom is -0.457 e. The lowest BCUT2D eigenvalue weighted by molar-refractivity contribution is -0.319. The predicted molar refractivity (Wildman–Crippen MR) is 139 cm³/mol. The van der Waals surface area contributed by atoms with Crippen LogP contribution in [0.1, 0.15) is 31.9 Å². The van der Waals surface area contributed by atoms with Gasteiger partial charge in [-0.05, 0) is 30.5 Å². The van der Waals surface area contributed by atoms with E-state index >= 15 is 0 Å². The third-order valence-electron chi connectivity index (χ3n) is 6.30. The Morgan fingerprint density at radius 3 is 2.13 bits per heavy atom. The Labute approximate surface area is 227 Å². The van der Waals surface area contributed by atoms with Crippen LogP contribution in [0.25, 0.3) is 10.4 Å². The van der Waals surface area contributed by atoms with Gasteiger partial charge in [0.15, 0.2) is 18.2 Å². The van der Waals surface area contributed by atoms with E-state index in [1.165, 1.54) is 6.92 Å². The second-order valence-corrected chi connectivity index (χ2v) is 9.84. The van der Waals surface area contributed by atoms with Gasteiger partial charge < -0.3 is 33.2 Å². The number of esters is 1. The summed E-state index contributed by atoms with van der Waals surface area (Å²) in [5.74, 6) is -1.24. The van der Waals surface area contributed by atoms with E-state index in [1.807, 2.05) is 74.5 Å². The Balaban J connectivity index is 1.61. The molecular weight excluding hydrogens is 506 g/mol. The Hall–Kier alpha value is -3.02. The van der Waals surface area contributed by atoms with Crippen LogP contribution in [0.4, 0.5) is 0 Å². The van der Waals surface area contributed by atoms with Crippen molar-refractivity contribution in [2.75, 3.05) is 19.8 Å². The normalized spacial score (nSPS) is 28.0. The highest BCUT2D eigenvalue weighted by Crippen LogP contribution is 2.32. The third-order valence-corrected chi connectivity index (χ3v) is 6.30. The molecule has 2 fully saturated rings. The number of rotatable bonds is 12. The van der Waals surface area contributed by atoms with E-state index in [4.69, 9.17) is 38.7 Å². The van der Waals surface area contributed by atoms with Crippen LogP contribution in [0, 0.1) is 0 Å². The van der Waals surface area contributed by atoms with E-state index in [2.05, 4.69) is 10.0 Å². The van der Waals surface area contributed by atoms with Crippen LogP contribution in [-0.4, -0.2) is 68.3 Å². The molecule has 2 aromatic rings. The van der Waals surface area contributed by atoms with Gasteiger partial charge in [-0.3, -0.25) is 4.79 Å². The highest BCUT2D eigenvalue weighted by atomic mass is 16.8. The first kappa shape index (κ1) is 29.0. The van der Waals surface area contributed by atoms with Gasteiger partial charge in [0.1, 0.15) is 24.4 Å². The standard InChI is InChI=1S/C28H35N3O8/c1-19(32)37-24-23(14-30-31-29)38-27(35-17-22-18-36-28(2,3)39-22)26(34-16-21-12-8-5-9-13-21)25(24)33-15-20-10-6-4-7-11-20/h4-13,22-27H,14-18H2,1-3H3/t22?,23-,24+,25+,26-,27-/m1/s1. The van der Waals surface area contributed by atoms with Gasteiger partial charge in [-0.15, -0.1) is 0 Å². The fourth-order valence-corrected chi connectivity index (χ4v) is 4.56. The number of hydrogen-bond acceptors (Lipinski definition) is 9. The van der Waals surface area contributed by atoms with Crippen molar-refractivity contribution >= 4 is 5.97 Å². The number of hydrogen-bond donors (Lipinski definition) is 0. The molecule has 1 unspecified atom stereocenters. The number of nitrogens with zero attached hydrogens (tertiary/aromatic N) is 3. The average molecular weight is 542 g/mol. The molecule has 6 atom stereocenters. The zero-order chi connectivity index (χ0) is 27.7. The van der Waals surface area contributed by atoms with Crippen molar-refractivity contribution in [1.82, 2.24) is 0 Å². The second kappa shape index (κ2) is 13.9. The molecule has 0 radical (unpaired) electrons. The summed E-state index contributed by atoms with van der Waals surface area (Å²) in [5, 5.41) is 3.68. The summed E-state index contributed by atoms with van der Waals surface area (Å²) in [7, 11) is 0. The molecule has 0 aromatic heterocycles. The highest BCUT2D eigenvalue weighted by molar-refractivity contribution is 5.66. The number of benzene rings is 2. The molecule has 39 heavy (non-hydrogen) atoms. The number of carbonyl (C=O) groups is 1. The maximum Gasteiger partial charge on any atom is 0.303 e. The van der Waals surface area contributed by atoms with E-state index in [0.29, 0.717) is 6.61 Å². The molecule has 11 heteroatoms. The summed E-state index contributed by atoms with van der Waals surface area (Å²) in [6.45, 7) is 5.87. The van der Waals surface area contributed by atoms with Crippen LogP contribution in [0.15, 0.2) is 65.8 Å². The predicted octanol–water partition coefficient (Wildman–Crippen LogP) is 4.29. The van der Waals surface area contributed by atoms with Crippen molar-refractivity contribution in [1.29, 1.82) is 0 Å². The molecular formula is C28H35N3O8. The van der Waals surface area contributed by atoms with E-state index in [-0.39, 0.29) is 32.5 Å². The third kappa shape index (κ3) is 8.48. The summed E-state index contributed by atoms with van der Waals surface area (Å²) in [6, 6.07) is 19.3. The molecule has 2 heterocycles. The Morgan fingerprint density at radius 1 is 0.974 bits per heavy atom. The van der Waals surface area contributed by atoms with Crippen LogP contribution in [0.5, 0.6) is 0 Å². The fourth-order valence-electron chi connectivity index (χ4n) is 4.56.